The van der Waals surface area contributed by atoms with Gasteiger partial charge in [0.25, 0.3) is 0 Å². The smallest absolute Gasteiger partial charge is 0.225 e. The van der Waals surface area contributed by atoms with Crippen LogP contribution in [0.5, 0.6) is 11.8 Å². The van der Waals surface area contributed by atoms with Crippen LogP contribution in [0.2, 0.25) is 0 Å². The van der Waals surface area contributed by atoms with Crippen LogP contribution in [0.1, 0.15) is 11.1 Å². The first-order valence-electron chi connectivity index (χ1n) is 9.69. The van der Waals surface area contributed by atoms with Crippen molar-refractivity contribution in [2.75, 3.05) is 5.73 Å². The number of halogens is 2. The number of hydrogen-bond acceptors (Lipinski definition) is 4. The Morgan fingerprint density at radius 3 is 1.84 bits per heavy atom. The minimum atomic E-state index is -0.790. The fourth-order valence-corrected chi connectivity index (χ4v) is 3.11. The first-order chi connectivity index (χ1) is 15.1. The Bertz CT molecular complexity index is 1150. The highest BCUT2D eigenvalue weighted by molar-refractivity contribution is 5.72. The second-order valence-corrected chi connectivity index (χ2v) is 6.91. The van der Waals surface area contributed by atoms with E-state index in [1.807, 2.05) is 60.7 Å². The standard InChI is InChI=1S/C25H20F2N2O2/c26-21-13-19(28)14-22(27)24(21)20-11-12-23(30-15-17-7-3-1-4-8-17)29-25(20)31-16-18-9-5-2-6-10-18/h1-14H,15-16,28H2. The number of rotatable bonds is 7. The molecule has 31 heavy (non-hydrogen) atoms. The van der Waals surface area contributed by atoms with Gasteiger partial charge < -0.3 is 15.2 Å². The molecule has 0 aliphatic heterocycles. The summed E-state index contributed by atoms with van der Waals surface area (Å²) in [4.78, 5) is 4.37. The molecule has 1 heterocycles. The highest BCUT2D eigenvalue weighted by atomic mass is 19.1. The molecule has 0 fully saturated rings. The Morgan fingerprint density at radius 2 is 1.26 bits per heavy atom. The predicted molar refractivity (Wildman–Crippen MR) is 116 cm³/mol. The lowest BCUT2D eigenvalue weighted by Gasteiger charge is -2.14. The van der Waals surface area contributed by atoms with E-state index in [2.05, 4.69) is 4.98 Å². The van der Waals surface area contributed by atoms with Gasteiger partial charge in [-0.25, -0.2) is 8.78 Å². The van der Waals surface area contributed by atoms with Crippen LogP contribution in [0.4, 0.5) is 14.5 Å². The summed E-state index contributed by atoms with van der Waals surface area (Å²) in [6.45, 7) is 0.483. The molecule has 4 nitrogen and oxygen atoms in total. The van der Waals surface area contributed by atoms with Gasteiger partial charge in [-0.1, -0.05) is 60.7 Å². The lowest BCUT2D eigenvalue weighted by Crippen LogP contribution is -2.04. The molecule has 0 saturated heterocycles. The van der Waals surface area contributed by atoms with E-state index in [1.54, 1.807) is 6.07 Å². The minimum Gasteiger partial charge on any atom is -0.473 e. The van der Waals surface area contributed by atoms with Gasteiger partial charge in [-0.2, -0.15) is 4.98 Å². The normalized spacial score (nSPS) is 10.6. The first-order valence-corrected chi connectivity index (χ1v) is 9.69. The van der Waals surface area contributed by atoms with Crippen molar-refractivity contribution < 1.29 is 18.3 Å². The van der Waals surface area contributed by atoms with Gasteiger partial charge in [-0.05, 0) is 29.3 Å². The molecule has 0 saturated carbocycles. The number of hydrogen-bond donors (Lipinski definition) is 1. The van der Waals surface area contributed by atoms with Crippen molar-refractivity contribution in [1.29, 1.82) is 0 Å². The van der Waals surface area contributed by atoms with Crippen LogP contribution in [-0.2, 0) is 13.2 Å². The Kier molecular flexibility index (Phi) is 6.08. The van der Waals surface area contributed by atoms with Gasteiger partial charge in [0.15, 0.2) is 0 Å². The van der Waals surface area contributed by atoms with Crippen molar-refractivity contribution in [3.8, 4) is 22.9 Å². The minimum absolute atomic E-state index is 0.00118. The second-order valence-electron chi connectivity index (χ2n) is 6.91. The summed E-state index contributed by atoms with van der Waals surface area (Å²) < 4.78 is 40.8. The van der Waals surface area contributed by atoms with Gasteiger partial charge in [0.1, 0.15) is 24.8 Å². The van der Waals surface area contributed by atoms with E-state index < -0.39 is 11.6 Å². The van der Waals surface area contributed by atoms with E-state index in [1.165, 1.54) is 6.07 Å². The van der Waals surface area contributed by atoms with Crippen molar-refractivity contribution in [2.45, 2.75) is 13.2 Å². The Balaban J connectivity index is 1.66. The zero-order chi connectivity index (χ0) is 21.6. The lowest BCUT2D eigenvalue weighted by molar-refractivity contribution is 0.268. The van der Waals surface area contributed by atoms with E-state index >= 15 is 0 Å². The molecule has 2 N–H and O–H groups in total. The summed E-state index contributed by atoms with van der Waals surface area (Å²) in [5.74, 6) is -1.23. The molecule has 4 rings (SSSR count). The molecule has 6 heteroatoms. The zero-order valence-corrected chi connectivity index (χ0v) is 16.6. The summed E-state index contributed by atoms with van der Waals surface area (Å²) >= 11 is 0. The van der Waals surface area contributed by atoms with E-state index in [-0.39, 0.29) is 35.2 Å². The van der Waals surface area contributed by atoms with Crippen molar-refractivity contribution >= 4 is 5.69 Å². The fourth-order valence-electron chi connectivity index (χ4n) is 3.11. The number of pyridine rings is 1. The van der Waals surface area contributed by atoms with Gasteiger partial charge in [0, 0.05) is 11.8 Å². The molecule has 3 aromatic carbocycles. The summed E-state index contributed by atoms with van der Waals surface area (Å²) in [5, 5.41) is 0. The quantitative estimate of drug-likeness (QED) is 0.387. The van der Waals surface area contributed by atoms with Crippen molar-refractivity contribution in [3.63, 3.8) is 0 Å². The van der Waals surface area contributed by atoms with Crippen molar-refractivity contribution in [2.24, 2.45) is 0 Å². The maximum absolute atomic E-state index is 14.6. The maximum Gasteiger partial charge on any atom is 0.225 e. The highest BCUT2D eigenvalue weighted by Crippen LogP contribution is 2.35. The van der Waals surface area contributed by atoms with E-state index in [0.29, 0.717) is 6.61 Å². The molecular formula is C25H20F2N2O2. The number of ether oxygens (including phenoxy) is 2. The SMILES string of the molecule is Nc1cc(F)c(-c2ccc(OCc3ccccc3)nc2OCc2ccccc2)c(F)c1. The van der Waals surface area contributed by atoms with E-state index in [0.717, 1.165) is 23.3 Å². The summed E-state index contributed by atoms with van der Waals surface area (Å²) in [6.07, 6.45) is 0. The number of nitrogen functional groups attached to an aromatic ring is 1. The number of nitrogens with two attached hydrogens (primary N) is 1. The third kappa shape index (κ3) is 4.98. The van der Waals surface area contributed by atoms with E-state index in [4.69, 9.17) is 15.2 Å². The van der Waals surface area contributed by atoms with Crippen LogP contribution < -0.4 is 15.2 Å². The fraction of sp³-hybridized carbons (Fsp3) is 0.0800. The summed E-state index contributed by atoms with van der Waals surface area (Å²) in [7, 11) is 0. The van der Waals surface area contributed by atoms with Crippen LogP contribution in [0.15, 0.2) is 84.9 Å². The van der Waals surface area contributed by atoms with Gasteiger partial charge in [0.05, 0.1) is 11.1 Å². The molecule has 4 aromatic rings. The highest BCUT2D eigenvalue weighted by Gasteiger charge is 2.19. The second kappa shape index (κ2) is 9.26. The van der Waals surface area contributed by atoms with Crippen molar-refractivity contribution in [3.05, 3.63) is 108 Å². The lowest BCUT2D eigenvalue weighted by atomic mass is 10.0. The van der Waals surface area contributed by atoms with Gasteiger partial charge in [0.2, 0.25) is 11.8 Å². The molecule has 0 spiro atoms. The van der Waals surface area contributed by atoms with Crippen LogP contribution in [0.3, 0.4) is 0 Å². The monoisotopic (exact) mass is 418 g/mol. The Morgan fingerprint density at radius 1 is 0.710 bits per heavy atom. The molecule has 1 aromatic heterocycles. The van der Waals surface area contributed by atoms with Crippen LogP contribution >= 0.6 is 0 Å². The van der Waals surface area contributed by atoms with Gasteiger partial charge >= 0.3 is 0 Å². The molecule has 0 atom stereocenters. The molecule has 156 valence electrons. The molecule has 0 aliphatic carbocycles. The summed E-state index contributed by atoms with van der Waals surface area (Å²) in [5.41, 5.74) is 7.34. The van der Waals surface area contributed by atoms with Gasteiger partial charge in [-0.3, -0.25) is 0 Å². The summed E-state index contributed by atoms with van der Waals surface area (Å²) in [6, 6.07) is 24.3. The van der Waals surface area contributed by atoms with Crippen LogP contribution in [0.25, 0.3) is 11.1 Å². The molecule has 0 aliphatic rings. The topological polar surface area (TPSA) is 57.4 Å². The predicted octanol–water partition coefficient (Wildman–Crippen LogP) is 5.77. The number of anilines is 1. The third-order valence-corrected chi connectivity index (χ3v) is 4.62. The van der Waals surface area contributed by atoms with Crippen LogP contribution in [0, 0.1) is 11.6 Å². The number of nitrogens with zero attached hydrogens (tertiary/aromatic N) is 1. The number of benzene rings is 3. The average molecular weight is 418 g/mol. The zero-order valence-electron chi connectivity index (χ0n) is 16.6. The molecule has 0 radical (unpaired) electrons. The van der Waals surface area contributed by atoms with Crippen LogP contribution in [-0.4, -0.2) is 4.98 Å². The maximum atomic E-state index is 14.6. The Labute approximate surface area is 178 Å². The number of aromatic nitrogens is 1. The average Bonchev–Trinajstić information content (AvgIpc) is 2.78. The third-order valence-electron chi connectivity index (χ3n) is 4.62. The Hall–Kier alpha value is -3.93. The van der Waals surface area contributed by atoms with Crippen molar-refractivity contribution in [1.82, 2.24) is 4.98 Å². The molecular weight excluding hydrogens is 398 g/mol. The molecule has 0 amide bonds. The van der Waals surface area contributed by atoms with E-state index in [9.17, 15) is 8.78 Å². The largest absolute Gasteiger partial charge is 0.473 e. The molecule has 0 unspecified atom stereocenters. The van der Waals surface area contributed by atoms with Gasteiger partial charge in [-0.15, -0.1) is 0 Å². The first kappa shape index (κ1) is 20.3. The molecule has 0 bridgehead atoms.